The number of likely N-dealkylation sites (tertiary alicyclic amines) is 1. The second-order valence-corrected chi connectivity index (χ2v) is 7.99. The molecule has 4 heterocycles. The van der Waals surface area contributed by atoms with E-state index in [0.717, 1.165) is 43.8 Å². The van der Waals surface area contributed by atoms with Crippen molar-refractivity contribution in [2.24, 2.45) is 5.41 Å². The molecule has 0 aliphatic carbocycles. The van der Waals surface area contributed by atoms with E-state index in [2.05, 4.69) is 39.1 Å². The van der Waals surface area contributed by atoms with E-state index in [9.17, 15) is 5.11 Å². The highest BCUT2D eigenvalue weighted by molar-refractivity contribution is 7.18. The number of hydrogen-bond donors (Lipinski definition) is 1. The third-order valence-electron chi connectivity index (χ3n) is 5.82. The van der Waals surface area contributed by atoms with Crippen LogP contribution in [0.4, 0.5) is 5.82 Å². The zero-order valence-corrected chi connectivity index (χ0v) is 14.6. The first kappa shape index (κ1) is 15.3. The Morgan fingerprint density at radius 2 is 2.22 bits per heavy atom. The molecule has 1 N–H and O–H groups in total. The highest BCUT2D eigenvalue weighted by atomic mass is 32.1. The van der Waals surface area contributed by atoms with Gasteiger partial charge in [0.2, 0.25) is 0 Å². The number of fused-ring (bicyclic) bond motifs is 2. The van der Waals surface area contributed by atoms with Crippen LogP contribution in [0.3, 0.4) is 0 Å². The molecule has 0 radical (unpaired) electrons. The van der Waals surface area contributed by atoms with Crippen molar-refractivity contribution >= 4 is 27.4 Å². The Morgan fingerprint density at radius 3 is 3.04 bits per heavy atom. The van der Waals surface area contributed by atoms with Gasteiger partial charge in [0.1, 0.15) is 12.1 Å². The Bertz CT molecular complexity index is 718. The smallest absolute Gasteiger partial charge is 0.150 e. The summed E-state index contributed by atoms with van der Waals surface area (Å²) >= 11 is 1.74. The molecule has 2 saturated heterocycles. The van der Waals surface area contributed by atoms with Crippen molar-refractivity contribution in [3.05, 3.63) is 17.3 Å². The first-order valence-corrected chi connectivity index (χ1v) is 9.27. The summed E-state index contributed by atoms with van der Waals surface area (Å²) in [6.07, 6.45) is 5.06. The van der Waals surface area contributed by atoms with E-state index in [1.807, 2.05) is 0 Å². The molecule has 2 atom stereocenters. The van der Waals surface area contributed by atoms with Gasteiger partial charge in [-0.25, -0.2) is 9.97 Å². The van der Waals surface area contributed by atoms with Crippen LogP contribution in [0, 0.1) is 12.3 Å². The van der Waals surface area contributed by atoms with Crippen molar-refractivity contribution < 1.29 is 5.11 Å². The molecule has 4 rings (SSSR count). The Hall–Kier alpha value is -1.24. The fraction of sp³-hybridized carbons (Fsp3) is 0.647. The molecule has 124 valence electrons. The maximum atomic E-state index is 10.1. The minimum absolute atomic E-state index is 0.0704. The molecular weight excluding hydrogens is 308 g/mol. The molecule has 2 aliphatic rings. The van der Waals surface area contributed by atoms with E-state index < -0.39 is 0 Å². The molecule has 2 fully saturated rings. The molecule has 0 bridgehead atoms. The van der Waals surface area contributed by atoms with Crippen LogP contribution in [0.5, 0.6) is 0 Å². The van der Waals surface area contributed by atoms with Crippen molar-refractivity contribution in [3.63, 3.8) is 0 Å². The minimum atomic E-state index is 0.0704. The normalized spacial score (nSPS) is 29.0. The fourth-order valence-electron chi connectivity index (χ4n) is 4.39. The van der Waals surface area contributed by atoms with Crippen molar-refractivity contribution in [1.29, 1.82) is 0 Å². The van der Waals surface area contributed by atoms with E-state index >= 15 is 0 Å². The minimum Gasteiger partial charge on any atom is -0.396 e. The second-order valence-electron chi connectivity index (χ2n) is 7.11. The Kier molecular flexibility index (Phi) is 3.78. The van der Waals surface area contributed by atoms with Gasteiger partial charge < -0.3 is 14.9 Å². The highest BCUT2D eigenvalue weighted by Crippen LogP contribution is 2.43. The maximum Gasteiger partial charge on any atom is 0.150 e. The standard InChI is InChI=1S/C17H24N4OS/c1-12-9-23-15-14(12)18-11-19-16(15)21-7-5-17(10-22)4-3-6-20(2)13(17)8-21/h9,11,13,22H,3-8,10H2,1-2H3/t13-,17-/m1/s1. The maximum absolute atomic E-state index is 10.1. The molecule has 2 aromatic heterocycles. The summed E-state index contributed by atoms with van der Waals surface area (Å²) in [6.45, 7) is 5.44. The SMILES string of the molecule is Cc1csc2c(N3CC[C@@]4(CO)CCCN(C)[C@@H]4C3)ncnc12. The molecular formula is C17H24N4OS. The summed E-state index contributed by atoms with van der Waals surface area (Å²) in [6, 6.07) is 0.404. The number of aliphatic hydroxyl groups excluding tert-OH is 1. The lowest BCUT2D eigenvalue weighted by atomic mass is 9.69. The Labute approximate surface area is 141 Å². The number of rotatable bonds is 2. The predicted molar refractivity (Wildman–Crippen MR) is 94.2 cm³/mol. The number of nitrogens with zero attached hydrogens (tertiary/aromatic N) is 4. The van der Waals surface area contributed by atoms with Gasteiger partial charge >= 0.3 is 0 Å². The van der Waals surface area contributed by atoms with Gasteiger partial charge in [0.15, 0.2) is 0 Å². The lowest BCUT2D eigenvalue weighted by Gasteiger charge is -2.53. The third kappa shape index (κ3) is 2.35. The van der Waals surface area contributed by atoms with Gasteiger partial charge in [0, 0.05) is 24.5 Å². The summed E-state index contributed by atoms with van der Waals surface area (Å²) in [5.41, 5.74) is 2.38. The highest BCUT2D eigenvalue weighted by Gasteiger charge is 2.46. The molecule has 6 heteroatoms. The first-order chi connectivity index (χ1) is 11.1. The van der Waals surface area contributed by atoms with Crippen LogP contribution >= 0.6 is 11.3 Å². The van der Waals surface area contributed by atoms with Gasteiger partial charge in [0.25, 0.3) is 0 Å². The van der Waals surface area contributed by atoms with Gasteiger partial charge in [-0.15, -0.1) is 11.3 Å². The zero-order valence-electron chi connectivity index (χ0n) is 13.8. The van der Waals surface area contributed by atoms with E-state index in [1.165, 1.54) is 16.7 Å². The van der Waals surface area contributed by atoms with Gasteiger partial charge in [-0.1, -0.05) is 0 Å². The summed E-state index contributed by atoms with van der Waals surface area (Å²) < 4.78 is 1.19. The number of aromatic nitrogens is 2. The number of likely N-dealkylation sites (N-methyl/N-ethyl adjacent to an activating group) is 1. The fourth-order valence-corrected chi connectivity index (χ4v) is 5.41. The molecule has 2 aromatic rings. The molecule has 5 nitrogen and oxygen atoms in total. The molecule has 2 aliphatic heterocycles. The van der Waals surface area contributed by atoms with Gasteiger partial charge in [-0.3, -0.25) is 0 Å². The monoisotopic (exact) mass is 332 g/mol. The Morgan fingerprint density at radius 1 is 1.35 bits per heavy atom. The summed E-state index contributed by atoms with van der Waals surface area (Å²) in [5.74, 6) is 1.07. The summed E-state index contributed by atoms with van der Waals surface area (Å²) in [5, 5.41) is 12.2. The van der Waals surface area contributed by atoms with E-state index in [-0.39, 0.29) is 5.41 Å². The molecule has 0 spiro atoms. The van der Waals surface area contributed by atoms with Gasteiger partial charge in [-0.2, -0.15) is 0 Å². The third-order valence-corrected chi connectivity index (χ3v) is 6.91. The largest absolute Gasteiger partial charge is 0.396 e. The van der Waals surface area contributed by atoms with E-state index in [0.29, 0.717) is 12.6 Å². The van der Waals surface area contributed by atoms with Crippen LogP contribution in [0.15, 0.2) is 11.7 Å². The van der Waals surface area contributed by atoms with E-state index in [1.54, 1.807) is 17.7 Å². The summed E-state index contributed by atoms with van der Waals surface area (Å²) in [7, 11) is 2.20. The van der Waals surface area contributed by atoms with Crippen LogP contribution in [0.1, 0.15) is 24.8 Å². The molecule has 23 heavy (non-hydrogen) atoms. The van der Waals surface area contributed by atoms with Crippen LogP contribution in [-0.2, 0) is 0 Å². The van der Waals surface area contributed by atoms with Crippen molar-refractivity contribution in [2.45, 2.75) is 32.2 Å². The summed E-state index contributed by atoms with van der Waals surface area (Å²) in [4.78, 5) is 13.9. The van der Waals surface area contributed by atoms with Crippen LogP contribution < -0.4 is 4.90 Å². The zero-order chi connectivity index (χ0) is 16.0. The number of piperidine rings is 2. The van der Waals surface area contributed by atoms with Gasteiger partial charge in [-0.05, 0) is 50.7 Å². The molecule has 0 saturated carbocycles. The Balaban J connectivity index is 1.68. The number of hydrogen-bond acceptors (Lipinski definition) is 6. The van der Waals surface area contributed by atoms with Crippen LogP contribution in [-0.4, -0.2) is 59.3 Å². The number of anilines is 1. The lowest BCUT2D eigenvalue weighted by molar-refractivity contribution is -0.0277. The quantitative estimate of drug-likeness (QED) is 0.914. The van der Waals surface area contributed by atoms with E-state index in [4.69, 9.17) is 0 Å². The first-order valence-electron chi connectivity index (χ1n) is 8.39. The molecule has 0 amide bonds. The molecule has 0 aromatic carbocycles. The topological polar surface area (TPSA) is 52.5 Å². The average Bonchev–Trinajstić information content (AvgIpc) is 2.96. The number of thiophene rings is 1. The van der Waals surface area contributed by atoms with Gasteiger partial charge in [0.05, 0.1) is 16.8 Å². The molecule has 0 unspecified atom stereocenters. The van der Waals surface area contributed by atoms with Crippen LogP contribution in [0.25, 0.3) is 10.2 Å². The second kappa shape index (κ2) is 5.69. The predicted octanol–water partition coefficient (Wildman–Crippen LogP) is 2.28. The number of aryl methyl sites for hydroxylation is 1. The van der Waals surface area contributed by atoms with Crippen molar-refractivity contribution in [2.75, 3.05) is 38.2 Å². The van der Waals surface area contributed by atoms with Crippen molar-refractivity contribution in [1.82, 2.24) is 14.9 Å². The average molecular weight is 332 g/mol. The van der Waals surface area contributed by atoms with Crippen molar-refractivity contribution in [3.8, 4) is 0 Å². The lowest BCUT2D eigenvalue weighted by Crippen LogP contribution is -2.61. The van der Waals surface area contributed by atoms with Crippen LogP contribution in [0.2, 0.25) is 0 Å². The number of aliphatic hydroxyl groups is 1.